The fourth-order valence-corrected chi connectivity index (χ4v) is 2.86. The van der Waals surface area contributed by atoms with Gasteiger partial charge in [0.05, 0.1) is 11.1 Å². The van der Waals surface area contributed by atoms with Gasteiger partial charge in [-0.15, -0.1) is 0 Å². The number of halogens is 1. The highest BCUT2D eigenvalue weighted by Crippen LogP contribution is 2.36. The van der Waals surface area contributed by atoms with Gasteiger partial charge in [0.1, 0.15) is 5.75 Å². The Labute approximate surface area is 141 Å². The van der Waals surface area contributed by atoms with Gasteiger partial charge in [-0.1, -0.05) is 11.6 Å². The number of hydrogen-bond donors (Lipinski definition) is 1. The molecule has 1 N–H and O–H groups in total. The first kappa shape index (κ1) is 18.8. The Bertz CT molecular complexity index is 559. The van der Waals surface area contributed by atoms with Gasteiger partial charge in [-0.25, -0.2) is 0 Å². The third kappa shape index (κ3) is 4.60. The van der Waals surface area contributed by atoms with E-state index in [2.05, 4.69) is 28.9 Å². The van der Waals surface area contributed by atoms with Gasteiger partial charge in [-0.2, -0.15) is 0 Å². The molecule has 3 nitrogen and oxygen atoms in total. The third-order valence-electron chi connectivity index (χ3n) is 4.08. The van der Waals surface area contributed by atoms with Crippen molar-refractivity contribution in [3.05, 3.63) is 38.4 Å². The molecule has 0 atom stereocenters. The van der Waals surface area contributed by atoms with Crippen molar-refractivity contribution in [1.82, 2.24) is 0 Å². The maximum Gasteiger partial charge on any atom is 0.306 e. The average Bonchev–Trinajstić information content (AvgIpc) is 2.49. The molecule has 0 aliphatic rings. The van der Waals surface area contributed by atoms with Crippen LogP contribution in [0.3, 0.4) is 0 Å². The van der Waals surface area contributed by atoms with E-state index in [-0.39, 0.29) is 5.97 Å². The van der Waals surface area contributed by atoms with Crippen molar-refractivity contribution >= 4 is 21.9 Å². The Morgan fingerprint density at radius 1 is 1.18 bits per heavy atom. The number of phenols is 1. The standard InChI is InChI=1S/C18H25BrO3/c1-6-22-16(20)10-8-11(2)7-9-15-13(4)12(3)14(5)17(19)18(15)21/h7,21H,6,8-10H2,1-5H3/b11-7+. The van der Waals surface area contributed by atoms with Crippen molar-refractivity contribution in [2.24, 2.45) is 0 Å². The highest BCUT2D eigenvalue weighted by atomic mass is 79.9. The number of rotatable bonds is 6. The quantitative estimate of drug-likeness (QED) is 0.572. The monoisotopic (exact) mass is 368 g/mol. The fourth-order valence-electron chi connectivity index (χ4n) is 2.32. The molecule has 0 amide bonds. The van der Waals surface area contributed by atoms with Crippen molar-refractivity contribution < 1.29 is 14.6 Å². The molecule has 1 rings (SSSR count). The molecule has 0 radical (unpaired) electrons. The third-order valence-corrected chi connectivity index (χ3v) is 5.05. The molecule has 0 spiro atoms. The van der Waals surface area contributed by atoms with E-state index in [4.69, 9.17) is 4.74 Å². The Kier molecular flexibility index (Phi) is 7.14. The van der Waals surface area contributed by atoms with Crippen LogP contribution in [-0.2, 0) is 16.0 Å². The zero-order valence-corrected chi connectivity index (χ0v) is 15.6. The second kappa shape index (κ2) is 8.37. The summed E-state index contributed by atoms with van der Waals surface area (Å²) in [5.41, 5.74) is 5.44. The predicted octanol–water partition coefficient (Wildman–Crippen LogP) is 4.91. The van der Waals surface area contributed by atoms with Gasteiger partial charge in [-0.05, 0) is 80.1 Å². The lowest BCUT2D eigenvalue weighted by molar-refractivity contribution is -0.143. The SMILES string of the molecule is CCOC(=O)CC/C(C)=C/Cc1c(C)c(C)c(C)c(Br)c1O. The summed E-state index contributed by atoms with van der Waals surface area (Å²) in [6.45, 7) is 10.3. The lowest BCUT2D eigenvalue weighted by atomic mass is 9.95. The smallest absolute Gasteiger partial charge is 0.306 e. The molecule has 1 aromatic carbocycles. The predicted molar refractivity (Wildman–Crippen MR) is 93.3 cm³/mol. The molecule has 0 aliphatic carbocycles. The Hall–Kier alpha value is -1.29. The zero-order valence-electron chi connectivity index (χ0n) is 14.0. The van der Waals surface area contributed by atoms with E-state index in [0.717, 1.165) is 26.7 Å². The maximum atomic E-state index is 11.4. The first-order valence-electron chi connectivity index (χ1n) is 7.57. The van der Waals surface area contributed by atoms with E-state index in [1.807, 2.05) is 27.7 Å². The van der Waals surface area contributed by atoms with Crippen LogP contribution in [0.2, 0.25) is 0 Å². The van der Waals surface area contributed by atoms with Gasteiger partial charge in [0.25, 0.3) is 0 Å². The van der Waals surface area contributed by atoms with Gasteiger partial charge < -0.3 is 9.84 Å². The van der Waals surface area contributed by atoms with Crippen LogP contribution in [0.4, 0.5) is 0 Å². The Morgan fingerprint density at radius 3 is 2.41 bits per heavy atom. The van der Waals surface area contributed by atoms with E-state index in [1.54, 1.807) is 0 Å². The summed E-state index contributed by atoms with van der Waals surface area (Å²) in [4.78, 5) is 11.4. The first-order chi connectivity index (χ1) is 10.3. The normalized spacial score (nSPS) is 11.6. The molecule has 0 unspecified atom stereocenters. The van der Waals surface area contributed by atoms with Crippen LogP contribution in [0.15, 0.2) is 16.1 Å². The molecule has 0 fully saturated rings. The van der Waals surface area contributed by atoms with Crippen LogP contribution >= 0.6 is 15.9 Å². The highest BCUT2D eigenvalue weighted by molar-refractivity contribution is 9.10. The number of phenolic OH excluding ortho intramolecular Hbond substituents is 1. The van der Waals surface area contributed by atoms with E-state index in [1.165, 1.54) is 5.56 Å². The van der Waals surface area contributed by atoms with Crippen LogP contribution in [0, 0.1) is 20.8 Å². The number of benzene rings is 1. The topological polar surface area (TPSA) is 46.5 Å². The minimum absolute atomic E-state index is 0.164. The van der Waals surface area contributed by atoms with Crippen molar-refractivity contribution in [1.29, 1.82) is 0 Å². The number of carbonyl (C=O) groups excluding carboxylic acids is 1. The van der Waals surface area contributed by atoms with Crippen LogP contribution in [-0.4, -0.2) is 17.7 Å². The minimum atomic E-state index is -0.164. The van der Waals surface area contributed by atoms with Crippen LogP contribution < -0.4 is 0 Å². The van der Waals surface area contributed by atoms with Gasteiger partial charge in [0.2, 0.25) is 0 Å². The summed E-state index contributed by atoms with van der Waals surface area (Å²) in [7, 11) is 0. The molecule has 0 saturated carbocycles. The summed E-state index contributed by atoms with van der Waals surface area (Å²) in [6.07, 6.45) is 3.82. The summed E-state index contributed by atoms with van der Waals surface area (Å²) in [5.74, 6) is 0.151. The molecule has 0 aliphatic heterocycles. The molecular weight excluding hydrogens is 344 g/mol. The van der Waals surface area contributed by atoms with Crippen molar-refractivity contribution in [2.75, 3.05) is 6.61 Å². The number of allylic oxidation sites excluding steroid dienone is 2. The van der Waals surface area contributed by atoms with Crippen LogP contribution in [0.25, 0.3) is 0 Å². The second-order valence-corrected chi connectivity index (χ2v) is 6.37. The van der Waals surface area contributed by atoms with Crippen molar-refractivity contribution in [3.63, 3.8) is 0 Å². The number of hydrogen-bond acceptors (Lipinski definition) is 3. The number of aromatic hydroxyl groups is 1. The van der Waals surface area contributed by atoms with E-state index in [0.29, 0.717) is 31.6 Å². The molecule has 0 saturated heterocycles. The molecule has 4 heteroatoms. The first-order valence-corrected chi connectivity index (χ1v) is 8.37. The highest BCUT2D eigenvalue weighted by Gasteiger charge is 2.14. The number of carbonyl (C=O) groups is 1. The fraction of sp³-hybridized carbons (Fsp3) is 0.500. The van der Waals surface area contributed by atoms with Crippen LogP contribution in [0.5, 0.6) is 5.75 Å². The largest absolute Gasteiger partial charge is 0.506 e. The molecule has 0 bridgehead atoms. The lowest BCUT2D eigenvalue weighted by Gasteiger charge is -2.15. The molecule has 1 aromatic rings. The average molecular weight is 369 g/mol. The summed E-state index contributed by atoms with van der Waals surface area (Å²) in [6, 6.07) is 0. The van der Waals surface area contributed by atoms with E-state index < -0.39 is 0 Å². The Morgan fingerprint density at radius 2 is 1.82 bits per heavy atom. The van der Waals surface area contributed by atoms with Crippen LogP contribution in [0.1, 0.15) is 48.9 Å². The summed E-state index contributed by atoms with van der Waals surface area (Å²) >= 11 is 3.46. The maximum absolute atomic E-state index is 11.4. The second-order valence-electron chi connectivity index (χ2n) is 5.58. The zero-order chi connectivity index (χ0) is 16.9. The Balaban J connectivity index is 2.83. The summed E-state index contributed by atoms with van der Waals surface area (Å²) in [5, 5.41) is 10.3. The van der Waals surface area contributed by atoms with E-state index >= 15 is 0 Å². The lowest BCUT2D eigenvalue weighted by Crippen LogP contribution is -2.03. The van der Waals surface area contributed by atoms with Crippen molar-refractivity contribution in [3.8, 4) is 5.75 Å². The summed E-state index contributed by atoms with van der Waals surface area (Å²) < 4.78 is 5.69. The number of esters is 1. The minimum Gasteiger partial charge on any atom is -0.506 e. The van der Waals surface area contributed by atoms with Gasteiger partial charge in [0.15, 0.2) is 0 Å². The molecule has 122 valence electrons. The van der Waals surface area contributed by atoms with E-state index in [9.17, 15) is 9.90 Å². The molecule has 22 heavy (non-hydrogen) atoms. The van der Waals surface area contributed by atoms with Gasteiger partial charge in [0, 0.05) is 12.0 Å². The van der Waals surface area contributed by atoms with Gasteiger partial charge in [-0.3, -0.25) is 4.79 Å². The van der Waals surface area contributed by atoms with Gasteiger partial charge >= 0.3 is 5.97 Å². The molecule has 0 heterocycles. The molecular formula is C18H25BrO3. The van der Waals surface area contributed by atoms with Crippen molar-refractivity contribution in [2.45, 2.75) is 53.9 Å². The number of ether oxygens (including phenoxy) is 1. The molecule has 0 aromatic heterocycles.